The molecule has 40 heavy (non-hydrogen) atoms. The Kier molecular flexibility index (Phi) is 15.7. The molecule has 2 rings (SSSR count). The first-order valence-corrected chi connectivity index (χ1v) is 15.2. The molecule has 0 N–H and O–H groups in total. The highest BCUT2D eigenvalue weighted by Crippen LogP contribution is 2.43. The van der Waals surface area contributed by atoms with Gasteiger partial charge < -0.3 is 33.2 Å². The van der Waals surface area contributed by atoms with Crippen LogP contribution in [0.4, 0.5) is 0 Å². The summed E-state index contributed by atoms with van der Waals surface area (Å²) in [4.78, 5) is 47.4. The number of fused-ring (bicyclic) bond motifs is 2. The molecule has 2 aliphatic carbocycles. The number of allylic oxidation sites excluding steroid dienone is 2. The van der Waals surface area contributed by atoms with Crippen molar-refractivity contribution < 1.29 is 52.3 Å². The summed E-state index contributed by atoms with van der Waals surface area (Å²) in [5.74, 6) is -1.08. The van der Waals surface area contributed by atoms with E-state index in [1.54, 1.807) is 13.8 Å². The lowest BCUT2D eigenvalue weighted by Gasteiger charge is -2.27. The van der Waals surface area contributed by atoms with Crippen LogP contribution in [0.1, 0.15) is 33.6 Å². The Balaban J connectivity index is 1.50. The van der Waals surface area contributed by atoms with Gasteiger partial charge in [0.2, 0.25) is 0 Å². The van der Waals surface area contributed by atoms with E-state index in [1.807, 2.05) is 0 Å². The van der Waals surface area contributed by atoms with Crippen LogP contribution in [0.15, 0.2) is 12.2 Å². The third-order valence-corrected chi connectivity index (χ3v) is 7.21. The Morgan fingerprint density at radius 1 is 0.725 bits per heavy atom. The molecular weight excluding hydrogens is 660 g/mol. The van der Waals surface area contributed by atoms with Crippen molar-refractivity contribution in [3.8, 4) is 0 Å². The molecule has 0 aromatic heterocycles. The van der Waals surface area contributed by atoms with Gasteiger partial charge in [-0.1, -0.05) is 44.0 Å². The summed E-state index contributed by atoms with van der Waals surface area (Å²) < 4.78 is 37.2. The maximum Gasteiger partial charge on any atom is 0.319 e. The Morgan fingerprint density at radius 2 is 1.20 bits per heavy atom. The van der Waals surface area contributed by atoms with Gasteiger partial charge in [-0.05, 0) is 45.4 Å². The molecule has 0 aromatic carbocycles. The minimum atomic E-state index is -1.38. The largest absolute Gasteiger partial charge is 0.464 e. The third kappa shape index (κ3) is 12.1. The number of hydrogen-bond acceptors (Lipinski definition) is 11. The van der Waals surface area contributed by atoms with Gasteiger partial charge in [0.25, 0.3) is 0 Å². The van der Waals surface area contributed by atoms with Crippen LogP contribution in [0, 0.1) is 23.2 Å². The Labute approximate surface area is 252 Å². The van der Waals surface area contributed by atoms with Crippen molar-refractivity contribution in [3.63, 3.8) is 0 Å². The van der Waals surface area contributed by atoms with Crippen LogP contribution in [-0.2, 0) is 52.3 Å². The zero-order chi connectivity index (χ0) is 29.5. The molecule has 1 fully saturated rings. The van der Waals surface area contributed by atoms with Crippen LogP contribution in [0.3, 0.4) is 0 Å². The molecule has 2 bridgehead atoms. The maximum atomic E-state index is 12.7. The van der Waals surface area contributed by atoms with E-state index in [-0.39, 0.29) is 51.5 Å². The van der Waals surface area contributed by atoms with Crippen LogP contribution in [0.2, 0.25) is 0 Å². The number of halogens is 2. The average molecular weight is 700 g/mol. The van der Waals surface area contributed by atoms with Crippen molar-refractivity contribution in [1.82, 2.24) is 0 Å². The van der Waals surface area contributed by atoms with Gasteiger partial charge in [-0.15, -0.1) is 0 Å². The van der Waals surface area contributed by atoms with Gasteiger partial charge in [0.1, 0.15) is 41.5 Å². The molecule has 13 heteroatoms. The lowest BCUT2D eigenvalue weighted by Crippen LogP contribution is -2.41. The van der Waals surface area contributed by atoms with Gasteiger partial charge in [-0.25, -0.2) is 0 Å². The summed E-state index contributed by atoms with van der Waals surface area (Å²) in [6.45, 7) is 6.00. The summed E-state index contributed by atoms with van der Waals surface area (Å²) >= 11 is 6.21. The normalized spacial score (nSPS) is 22.3. The molecule has 228 valence electrons. The number of ether oxygens (including phenoxy) is 7. The summed E-state index contributed by atoms with van der Waals surface area (Å²) in [6, 6.07) is 0. The van der Waals surface area contributed by atoms with E-state index in [2.05, 4.69) is 44.0 Å². The van der Waals surface area contributed by atoms with Crippen molar-refractivity contribution in [2.24, 2.45) is 23.2 Å². The molecule has 5 unspecified atom stereocenters. The molecule has 0 amide bonds. The van der Waals surface area contributed by atoms with E-state index < -0.39 is 33.0 Å². The summed E-state index contributed by atoms with van der Waals surface area (Å²) in [7, 11) is 0. The number of hydrogen-bond donors (Lipinski definition) is 0. The Hall–Kier alpha value is -1.54. The molecule has 0 aromatic rings. The van der Waals surface area contributed by atoms with Gasteiger partial charge in [0, 0.05) is 0 Å². The number of carbonyl (C=O) groups excluding carboxylic acids is 4. The van der Waals surface area contributed by atoms with Crippen LogP contribution < -0.4 is 0 Å². The first-order valence-electron chi connectivity index (χ1n) is 13.4. The van der Waals surface area contributed by atoms with E-state index >= 15 is 0 Å². The monoisotopic (exact) mass is 698 g/mol. The molecule has 0 spiro atoms. The summed E-state index contributed by atoms with van der Waals surface area (Å²) in [5, 5.41) is 0. The molecule has 1 saturated carbocycles. The molecule has 0 heterocycles. The van der Waals surface area contributed by atoms with Crippen molar-refractivity contribution in [1.29, 1.82) is 0 Å². The van der Waals surface area contributed by atoms with Crippen molar-refractivity contribution in [3.05, 3.63) is 12.2 Å². The molecule has 2 aliphatic rings. The highest BCUT2D eigenvalue weighted by molar-refractivity contribution is 9.10. The fourth-order valence-electron chi connectivity index (χ4n) is 4.12. The van der Waals surface area contributed by atoms with E-state index in [0.29, 0.717) is 38.3 Å². The Bertz CT molecular complexity index is 837. The predicted molar refractivity (Wildman–Crippen MR) is 150 cm³/mol. The summed E-state index contributed by atoms with van der Waals surface area (Å²) in [5.41, 5.74) is -1.38. The zero-order valence-electron chi connectivity index (χ0n) is 23.3. The van der Waals surface area contributed by atoms with Crippen LogP contribution in [0.5, 0.6) is 0 Å². The second-order valence-corrected chi connectivity index (χ2v) is 12.8. The van der Waals surface area contributed by atoms with Crippen molar-refractivity contribution in [2.75, 3.05) is 66.1 Å². The topological polar surface area (TPSA) is 133 Å². The minimum absolute atomic E-state index is 0.00756. The maximum absolute atomic E-state index is 12.7. The lowest BCUT2D eigenvalue weighted by atomic mass is 9.93. The fourth-order valence-corrected chi connectivity index (χ4v) is 4.38. The number of carbonyl (C=O) groups is 4. The fraction of sp³-hybridized carbons (Fsp3) is 0.778. The number of rotatable bonds is 20. The standard InChI is InChI=1S/C27H40Br2O11/c1-18(28)23(30)39-16-27(3,17-40-24(31)19(2)29)26(33)38-13-11-36-9-7-34-6-8-35-10-12-37-25(32)22-15-20-4-5-21(22)14-20/h4-5,18-22H,6-17H2,1-3H3. The van der Waals surface area contributed by atoms with Crippen molar-refractivity contribution in [2.45, 2.75) is 43.3 Å². The average Bonchev–Trinajstić information content (AvgIpc) is 3.56. The molecule has 0 radical (unpaired) electrons. The second-order valence-electron chi connectivity index (χ2n) is 10.0. The lowest BCUT2D eigenvalue weighted by molar-refractivity contribution is -0.170. The quantitative estimate of drug-likeness (QED) is 0.0611. The van der Waals surface area contributed by atoms with Gasteiger partial charge in [0.15, 0.2) is 0 Å². The van der Waals surface area contributed by atoms with Gasteiger partial charge in [0.05, 0.1) is 45.6 Å². The van der Waals surface area contributed by atoms with Gasteiger partial charge in [-0.3, -0.25) is 19.2 Å². The van der Waals surface area contributed by atoms with Gasteiger partial charge >= 0.3 is 23.9 Å². The SMILES string of the molecule is CC(Br)C(=O)OCC(C)(COC(=O)C(C)Br)C(=O)OCCOCCOCCOCCOC(=O)C1CC2C=CC1C2. The molecular formula is C27H40Br2O11. The third-order valence-electron chi connectivity index (χ3n) is 6.47. The van der Waals surface area contributed by atoms with E-state index in [9.17, 15) is 19.2 Å². The smallest absolute Gasteiger partial charge is 0.319 e. The number of alkyl halides is 2. The Morgan fingerprint density at radius 3 is 1.62 bits per heavy atom. The van der Waals surface area contributed by atoms with Gasteiger partial charge in [-0.2, -0.15) is 0 Å². The molecule has 11 nitrogen and oxygen atoms in total. The van der Waals surface area contributed by atoms with E-state index in [1.165, 1.54) is 6.92 Å². The van der Waals surface area contributed by atoms with Crippen LogP contribution in [-0.4, -0.2) is 99.6 Å². The van der Waals surface area contributed by atoms with Crippen LogP contribution in [0.25, 0.3) is 0 Å². The molecule has 5 atom stereocenters. The first-order chi connectivity index (χ1) is 19.0. The molecule has 0 aliphatic heterocycles. The predicted octanol–water partition coefficient (Wildman–Crippen LogP) is 2.99. The highest BCUT2D eigenvalue weighted by atomic mass is 79.9. The van der Waals surface area contributed by atoms with Crippen molar-refractivity contribution >= 4 is 55.7 Å². The molecule has 0 saturated heterocycles. The van der Waals surface area contributed by atoms with E-state index in [0.717, 1.165) is 12.8 Å². The highest BCUT2D eigenvalue weighted by Gasteiger charge is 2.41. The summed E-state index contributed by atoms with van der Waals surface area (Å²) in [6.07, 6.45) is 6.27. The zero-order valence-corrected chi connectivity index (χ0v) is 26.4. The van der Waals surface area contributed by atoms with E-state index in [4.69, 9.17) is 33.2 Å². The minimum Gasteiger partial charge on any atom is -0.464 e. The van der Waals surface area contributed by atoms with Crippen LogP contribution >= 0.6 is 31.9 Å². The first kappa shape index (κ1) is 34.7. The number of esters is 4. The second kappa shape index (κ2) is 18.1.